The molecule has 21 heavy (non-hydrogen) atoms. The van der Waals surface area contributed by atoms with Crippen LogP contribution < -0.4 is 0 Å². The number of ether oxygens (including phenoxy) is 1. The van der Waals surface area contributed by atoms with Crippen LogP contribution in [0.25, 0.3) is 0 Å². The Hall–Kier alpha value is -0.710. The van der Waals surface area contributed by atoms with Gasteiger partial charge in [-0.15, -0.1) is 0 Å². The number of nitrogens with zero attached hydrogens (tertiary/aromatic N) is 1. The second kappa shape index (κ2) is 7.52. The Labute approximate surface area is 125 Å². The molecule has 124 valence electrons. The first-order valence-electron chi connectivity index (χ1n) is 6.58. The summed E-state index contributed by atoms with van der Waals surface area (Å²) in [6, 6.07) is -0.583. The molecule has 1 aliphatic rings. The summed E-state index contributed by atoms with van der Waals surface area (Å²) in [6.07, 6.45) is 0.0329. The third-order valence-electron chi connectivity index (χ3n) is 3.28. The largest absolute Gasteiger partial charge is 0.481 e. The van der Waals surface area contributed by atoms with E-state index in [2.05, 4.69) is 0 Å². The maximum absolute atomic E-state index is 12.3. The number of carbonyl (C=O) groups is 1. The van der Waals surface area contributed by atoms with Crippen LogP contribution in [0.4, 0.5) is 0 Å². The number of sulfonamides is 1. The molecule has 0 bridgehead atoms. The lowest BCUT2D eigenvalue weighted by Crippen LogP contribution is -2.44. The highest BCUT2D eigenvalue weighted by Gasteiger charge is 2.37. The lowest BCUT2D eigenvalue weighted by Gasteiger charge is -2.27. The first-order valence-corrected chi connectivity index (χ1v) is 10.0. The molecule has 1 unspecified atom stereocenters. The van der Waals surface area contributed by atoms with E-state index < -0.39 is 31.9 Å². The SMILES string of the molecule is COCCN(C1CCS(=O)(=O)C1)S(=O)(=O)CCCC(=O)O. The zero-order valence-corrected chi connectivity index (χ0v) is 13.5. The van der Waals surface area contributed by atoms with Gasteiger partial charge in [-0.25, -0.2) is 16.8 Å². The fourth-order valence-corrected chi connectivity index (χ4v) is 5.81. The van der Waals surface area contributed by atoms with Crippen molar-refractivity contribution in [2.24, 2.45) is 0 Å². The maximum Gasteiger partial charge on any atom is 0.303 e. The van der Waals surface area contributed by atoms with Crippen LogP contribution in [-0.2, 0) is 29.4 Å². The number of aliphatic carboxylic acids is 1. The van der Waals surface area contributed by atoms with Gasteiger partial charge in [0.05, 0.1) is 23.9 Å². The van der Waals surface area contributed by atoms with Crippen LogP contribution in [0.5, 0.6) is 0 Å². The summed E-state index contributed by atoms with van der Waals surface area (Å²) in [7, 11) is -5.47. The van der Waals surface area contributed by atoms with Crippen molar-refractivity contribution in [3.05, 3.63) is 0 Å². The summed E-state index contributed by atoms with van der Waals surface area (Å²) in [5, 5.41) is 8.56. The number of hydrogen-bond acceptors (Lipinski definition) is 6. The third-order valence-corrected chi connectivity index (χ3v) is 7.03. The zero-order chi connectivity index (χ0) is 16.1. The van der Waals surface area contributed by atoms with Crippen molar-refractivity contribution in [2.45, 2.75) is 25.3 Å². The second-order valence-electron chi connectivity index (χ2n) is 4.97. The molecule has 0 aromatic heterocycles. The summed E-state index contributed by atoms with van der Waals surface area (Å²) < 4.78 is 53.7. The van der Waals surface area contributed by atoms with Gasteiger partial charge >= 0.3 is 5.97 Å². The first-order chi connectivity index (χ1) is 9.68. The van der Waals surface area contributed by atoms with Gasteiger partial charge in [0.2, 0.25) is 10.0 Å². The van der Waals surface area contributed by atoms with E-state index in [-0.39, 0.29) is 49.7 Å². The average Bonchev–Trinajstić information content (AvgIpc) is 2.69. The normalized spacial score (nSPS) is 21.7. The molecule has 8 nitrogen and oxygen atoms in total. The predicted octanol–water partition coefficient (Wildman–Crippen LogP) is -0.683. The number of carboxylic acids is 1. The van der Waals surface area contributed by atoms with Crippen molar-refractivity contribution < 1.29 is 31.5 Å². The van der Waals surface area contributed by atoms with Crippen LogP contribution in [0, 0.1) is 0 Å². The smallest absolute Gasteiger partial charge is 0.303 e. The minimum Gasteiger partial charge on any atom is -0.481 e. The fourth-order valence-electron chi connectivity index (χ4n) is 2.26. The van der Waals surface area contributed by atoms with Gasteiger partial charge in [0.25, 0.3) is 0 Å². The molecular formula is C11H21NO7S2. The first kappa shape index (κ1) is 18.3. The number of methoxy groups -OCH3 is 1. The topological polar surface area (TPSA) is 118 Å². The molecule has 10 heteroatoms. The number of carboxylic acid groups (broad SMARTS) is 1. The second-order valence-corrected chi connectivity index (χ2v) is 9.24. The molecule has 0 aliphatic carbocycles. The third kappa shape index (κ3) is 5.89. The van der Waals surface area contributed by atoms with Gasteiger partial charge in [0, 0.05) is 26.1 Å². The van der Waals surface area contributed by atoms with Gasteiger partial charge in [-0.3, -0.25) is 4.79 Å². The fraction of sp³-hybridized carbons (Fsp3) is 0.909. The summed E-state index contributed by atoms with van der Waals surface area (Å²) >= 11 is 0. The molecule has 0 amide bonds. The molecule has 1 saturated heterocycles. The van der Waals surface area contributed by atoms with Crippen LogP contribution in [0.2, 0.25) is 0 Å². The van der Waals surface area contributed by atoms with E-state index in [0.29, 0.717) is 0 Å². The summed E-state index contributed by atoms with van der Waals surface area (Å²) in [4.78, 5) is 10.5. The molecular weight excluding hydrogens is 322 g/mol. The summed E-state index contributed by atoms with van der Waals surface area (Å²) in [5.41, 5.74) is 0. The molecule has 1 heterocycles. The minimum absolute atomic E-state index is 0.000614. The van der Waals surface area contributed by atoms with Crippen LogP contribution in [0.15, 0.2) is 0 Å². The van der Waals surface area contributed by atoms with E-state index in [9.17, 15) is 21.6 Å². The van der Waals surface area contributed by atoms with Gasteiger partial charge in [-0.2, -0.15) is 4.31 Å². The minimum atomic E-state index is -3.70. The van der Waals surface area contributed by atoms with Crippen LogP contribution >= 0.6 is 0 Å². The van der Waals surface area contributed by atoms with Gasteiger partial charge in [-0.1, -0.05) is 0 Å². The van der Waals surface area contributed by atoms with Gasteiger partial charge < -0.3 is 9.84 Å². The van der Waals surface area contributed by atoms with E-state index in [1.165, 1.54) is 7.11 Å². The Morgan fingerprint density at radius 2 is 2.10 bits per heavy atom. The van der Waals surface area contributed by atoms with Crippen molar-refractivity contribution in [1.82, 2.24) is 4.31 Å². The quantitative estimate of drug-likeness (QED) is 0.589. The molecule has 0 spiro atoms. The van der Waals surface area contributed by atoms with Crippen molar-refractivity contribution in [3.63, 3.8) is 0 Å². The maximum atomic E-state index is 12.3. The molecule has 1 atom stereocenters. The van der Waals surface area contributed by atoms with Gasteiger partial charge in [0.1, 0.15) is 0 Å². The van der Waals surface area contributed by atoms with Crippen LogP contribution in [0.3, 0.4) is 0 Å². The van der Waals surface area contributed by atoms with Crippen molar-refractivity contribution in [2.75, 3.05) is 37.5 Å². The molecule has 0 saturated carbocycles. The Kier molecular flexibility index (Phi) is 6.57. The van der Waals surface area contributed by atoms with E-state index in [1.54, 1.807) is 0 Å². The lowest BCUT2D eigenvalue weighted by molar-refractivity contribution is -0.137. The Morgan fingerprint density at radius 1 is 1.43 bits per heavy atom. The molecule has 0 radical (unpaired) electrons. The van der Waals surface area contributed by atoms with E-state index in [4.69, 9.17) is 9.84 Å². The van der Waals surface area contributed by atoms with E-state index >= 15 is 0 Å². The van der Waals surface area contributed by atoms with Crippen molar-refractivity contribution in [3.8, 4) is 0 Å². The summed E-state index contributed by atoms with van der Waals surface area (Å²) in [6.45, 7) is 0.237. The number of rotatable bonds is 9. The van der Waals surface area contributed by atoms with Crippen molar-refractivity contribution >= 4 is 25.8 Å². The van der Waals surface area contributed by atoms with E-state index in [1.807, 2.05) is 0 Å². The predicted molar refractivity (Wildman–Crippen MR) is 76.3 cm³/mol. The Balaban J connectivity index is 2.78. The van der Waals surface area contributed by atoms with Gasteiger partial charge in [0.15, 0.2) is 9.84 Å². The number of hydrogen-bond donors (Lipinski definition) is 1. The average molecular weight is 343 g/mol. The highest BCUT2D eigenvalue weighted by atomic mass is 32.2. The molecule has 0 aromatic rings. The molecule has 1 rings (SSSR count). The number of sulfone groups is 1. The highest BCUT2D eigenvalue weighted by Crippen LogP contribution is 2.21. The Bertz CT molecular complexity index is 555. The molecule has 1 aliphatic heterocycles. The molecule has 1 fully saturated rings. The molecule has 1 N–H and O–H groups in total. The highest BCUT2D eigenvalue weighted by molar-refractivity contribution is 7.92. The Morgan fingerprint density at radius 3 is 2.57 bits per heavy atom. The lowest BCUT2D eigenvalue weighted by atomic mass is 10.3. The zero-order valence-electron chi connectivity index (χ0n) is 11.9. The van der Waals surface area contributed by atoms with Crippen molar-refractivity contribution in [1.29, 1.82) is 0 Å². The molecule has 0 aromatic carbocycles. The summed E-state index contributed by atoms with van der Waals surface area (Å²) in [5.74, 6) is -1.57. The standard InChI is InChI=1S/C11H21NO7S2/c1-19-6-5-12(10-4-8-20(15,16)9-10)21(17,18)7-2-3-11(13)14/h10H,2-9H2,1H3,(H,13,14). The van der Waals surface area contributed by atoms with E-state index in [0.717, 1.165) is 4.31 Å². The van der Waals surface area contributed by atoms with Crippen LogP contribution in [-0.4, -0.2) is 75.8 Å². The van der Waals surface area contributed by atoms with Gasteiger partial charge in [-0.05, 0) is 12.8 Å². The monoisotopic (exact) mass is 343 g/mol. The van der Waals surface area contributed by atoms with Crippen LogP contribution in [0.1, 0.15) is 19.3 Å².